The Morgan fingerprint density at radius 3 is 2.90 bits per heavy atom. The van der Waals surface area contributed by atoms with Gasteiger partial charge in [0.15, 0.2) is 0 Å². The highest BCUT2D eigenvalue weighted by Gasteiger charge is 2.42. The van der Waals surface area contributed by atoms with E-state index < -0.39 is 17.9 Å². The Labute approximate surface area is 127 Å². The Morgan fingerprint density at radius 1 is 1.57 bits per heavy atom. The molecule has 2 rings (SSSR count). The molecule has 4 nitrogen and oxygen atoms in total. The zero-order valence-corrected chi connectivity index (χ0v) is 13.3. The smallest absolute Gasteiger partial charge is 0.270 e. The summed E-state index contributed by atoms with van der Waals surface area (Å²) in [6, 6.07) is -1.16. The summed E-state index contributed by atoms with van der Waals surface area (Å²) < 4.78 is 27.5. The first-order valence-corrected chi connectivity index (χ1v) is 7.97. The first kappa shape index (κ1) is 16.3. The van der Waals surface area contributed by atoms with Gasteiger partial charge in [-0.15, -0.1) is 11.3 Å². The number of amides is 1. The minimum atomic E-state index is -2.86. The Kier molecular flexibility index (Phi) is 4.93. The number of nitrogens with zero attached hydrogens (tertiary/aromatic N) is 1. The number of alkyl halides is 2. The topological polar surface area (TPSA) is 54.0 Å². The largest absolute Gasteiger partial charge is 0.341 e. The monoisotopic (exact) mass is 317 g/mol. The van der Waals surface area contributed by atoms with Crippen molar-refractivity contribution >= 4 is 17.2 Å². The van der Waals surface area contributed by atoms with Crippen molar-refractivity contribution in [2.24, 2.45) is 5.92 Å². The van der Waals surface area contributed by atoms with Crippen molar-refractivity contribution in [2.75, 3.05) is 13.1 Å². The molecule has 2 N–H and O–H groups in total. The van der Waals surface area contributed by atoms with Crippen molar-refractivity contribution in [1.82, 2.24) is 15.6 Å². The molecule has 1 unspecified atom stereocenters. The van der Waals surface area contributed by atoms with Crippen LogP contribution in [0.1, 0.15) is 40.6 Å². The van der Waals surface area contributed by atoms with E-state index in [9.17, 15) is 13.6 Å². The van der Waals surface area contributed by atoms with Gasteiger partial charge in [0.05, 0.1) is 10.7 Å². The lowest BCUT2D eigenvalue weighted by molar-refractivity contribution is -0.0542. The molecule has 7 heteroatoms. The molecule has 1 fully saturated rings. The number of piperidine rings is 1. The second kappa shape index (κ2) is 6.36. The normalized spacial score (nSPS) is 21.5. The molecule has 0 aliphatic carbocycles. The fraction of sp³-hybridized carbons (Fsp3) is 0.714. The third-order valence-corrected chi connectivity index (χ3v) is 4.61. The van der Waals surface area contributed by atoms with Crippen molar-refractivity contribution in [3.05, 3.63) is 15.6 Å². The van der Waals surface area contributed by atoms with Crippen LogP contribution in [0.15, 0.2) is 0 Å². The van der Waals surface area contributed by atoms with E-state index in [1.54, 1.807) is 6.92 Å². The molecule has 1 aromatic heterocycles. The van der Waals surface area contributed by atoms with Crippen molar-refractivity contribution in [3.63, 3.8) is 0 Å². The molecule has 1 aromatic rings. The Balaban J connectivity index is 2.08. The van der Waals surface area contributed by atoms with E-state index in [1.165, 1.54) is 11.3 Å². The van der Waals surface area contributed by atoms with Crippen LogP contribution < -0.4 is 10.6 Å². The summed E-state index contributed by atoms with van der Waals surface area (Å²) in [6.45, 7) is 6.26. The van der Waals surface area contributed by atoms with Gasteiger partial charge in [-0.3, -0.25) is 4.79 Å². The van der Waals surface area contributed by atoms with Gasteiger partial charge in [-0.2, -0.15) is 0 Å². The Morgan fingerprint density at radius 2 is 2.29 bits per heavy atom. The lowest BCUT2D eigenvalue weighted by Gasteiger charge is -2.32. The number of aromatic nitrogens is 1. The van der Waals surface area contributed by atoms with Crippen molar-refractivity contribution in [2.45, 2.75) is 45.6 Å². The van der Waals surface area contributed by atoms with Gasteiger partial charge in [0.25, 0.3) is 11.8 Å². The van der Waals surface area contributed by atoms with Crippen LogP contribution in [0, 0.1) is 12.8 Å². The molecule has 1 aliphatic heterocycles. The van der Waals surface area contributed by atoms with Crippen LogP contribution in [0.2, 0.25) is 0 Å². The molecule has 0 spiro atoms. The number of carbonyl (C=O) groups excluding carboxylic acids is 1. The molecule has 0 bridgehead atoms. The number of rotatable bonds is 4. The highest BCUT2D eigenvalue weighted by Crippen LogP contribution is 2.26. The summed E-state index contributed by atoms with van der Waals surface area (Å²) in [4.78, 5) is 17.0. The van der Waals surface area contributed by atoms with Gasteiger partial charge < -0.3 is 10.6 Å². The zero-order valence-electron chi connectivity index (χ0n) is 12.5. The van der Waals surface area contributed by atoms with E-state index in [0.29, 0.717) is 16.5 Å². The predicted octanol–water partition coefficient (Wildman–Crippen LogP) is 2.38. The molecule has 1 saturated heterocycles. The average molecular weight is 317 g/mol. The van der Waals surface area contributed by atoms with Gasteiger partial charge in [-0.05, 0) is 12.8 Å². The molecule has 118 valence electrons. The van der Waals surface area contributed by atoms with Crippen LogP contribution in [0.25, 0.3) is 0 Å². The summed E-state index contributed by atoms with van der Waals surface area (Å²) in [6.07, 6.45) is 0.540. The predicted molar refractivity (Wildman–Crippen MR) is 79.1 cm³/mol. The maximum atomic E-state index is 13.8. The zero-order chi connectivity index (χ0) is 15.6. The average Bonchev–Trinajstić information content (AvgIpc) is 2.71. The molecule has 0 aromatic carbocycles. The van der Waals surface area contributed by atoms with Crippen LogP contribution in [0.4, 0.5) is 8.78 Å². The maximum absolute atomic E-state index is 13.8. The Hall–Kier alpha value is -1.08. The molecular formula is C14H21F2N3OS. The van der Waals surface area contributed by atoms with Gasteiger partial charge >= 0.3 is 0 Å². The number of hydrogen-bond donors (Lipinski definition) is 2. The van der Waals surface area contributed by atoms with Gasteiger partial charge in [0.1, 0.15) is 10.9 Å². The molecule has 1 aliphatic rings. The minimum Gasteiger partial charge on any atom is -0.341 e. The molecule has 1 atom stereocenters. The number of halogens is 2. The summed E-state index contributed by atoms with van der Waals surface area (Å²) in [7, 11) is 0. The summed E-state index contributed by atoms with van der Waals surface area (Å²) in [5, 5.41) is 6.21. The number of aryl methyl sites for hydroxylation is 1. The fourth-order valence-electron chi connectivity index (χ4n) is 2.30. The van der Waals surface area contributed by atoms with Gasteiger partial charge in [-0.1, -0.05) is 13.8 Å². The third kappa shape index (κ3) is 3.97. The number of thiazole rings is 1. The van der Waals surface area contributed by atoms with Crippen LogP contribution in [-0.2, 0) is 6.42 Å². The van der Waals surface area contributed by atoms with E-state index in [0.717, 1.165) is 11.4 Å². The first-order chi connectivity index (χ1) is 9.79. The first-order valence-electron chi connectivity index (χ1n) is 7.15. The van der Waals surface area contributed by atoms with Crippen molar-refractivity contribution in [3.8, 4) is 0 Å². The highest BCUT2D eigenvalue weighted by molar-refractivity contribution is 7.13. The van der Waals surface area contributed by atoms with Crippen LogP contribution in [-0.4, -0.2) is 35.9 Å². The summed E-state index contributed by atoms with van der Waals surface area (Å²) >= 11 is 1.30. The number of carbonyl (C=O) groups is 1. The maximum Gasteiger partial charge on any atom is 0.270 e. The quantitative estimate of drug-likeness (QED) is 0.896. The molecule has 2 heterocycles. The Bertz CT molecular complexity index is 516. The van der Waals surface area contributed by atoms with Crippen LogP contribution in [0.3, 0.4) is 0 Å². The number of nitrogens with one attached hydrogen (secondary N) is 2. The molecular weight excluding hydrogens is 296 g/mol. The van der Waals surface area contributed by atoms with Gasteiger partial charge in [-0.25, -0.2) is 13.8 Å². The SMILES string of the molecule is Cc1nc(CC(C)C)sc1C(=O)NC1CNCCC1(F)F. The highest BCUT2D eigenvalue weighted by atomic mass is 32.1. The van der Waals surface area contributed by atoms with Crippen LogP contribution in [0.5, 0.6) is 0 Å². The lowest BCUT2D eigenvalue weighted by Crippen LogP contribution is -2.57. The third-order valence-electron chi connectivity index (χ3n) is 3.43. The van der Waals surface area contributed by atoms with E-state index in [4.69, 9.17) is 0 Å². The van der Waals surface area contributed by atoms with E-state index >= 15 is 0 Å². The van der Waals surface area contributed by atoms with E-state index in [1.807, 2.05) is 0 Å². The van der Waals surface area contributed by atoms with Crippen LogP contribution >= 0.6 is 11.3 Å². The molecule has 0 saturated carbocycles. The van der Waals surface area contributed by atoms with E-state index in [-0.39, 0.29) is 19.5 Å². The standard InChI is InChI=1S/C14H21F2N3OS/c1-8(2)6-11-18-9(3)12(21-11)13(20)19-10-7-17-5-4-14(10,15)16/h8,10,17H,4-7H2,1-3H3,(H,19,20). The molecule has 0 radical (unpaired) electrons. The molecule has 1 amide bonds. The minimum absolute atomic E-state index is 0.0927. The lowest BCUT2D eigenvalue weighted by atomic mass is 10.0. The van der Waals surface area contributed by atoms with Gasteiger partial charge in [0, 0.05) is 25.9 Å². The van der Waals surface area contributed by atoms with Crippen molar-refractivity contribution < 1.29 is 13.6 Å². The van der Waals surface area contributed by atoms with E-state index in [2.05, 4.69) is 29.5 Å². The second-order valence-corrected chi connectivity index (χ2v) is 6.94. The summed E-state index contributed by atoms with van der Waals surface area (Å²) in [5.41, 5.74) is 0.611. The summed E-state index contributed by atoms with van der Waals surface area (Å²) in [5.74, 6) is -2.87. The van der Waals surface area contributed by atoms with Crippen molar-refractivity contribution in [1.29, 1.82) is 0 Å². The number of hydrogen-bond acceptors (Lipinski definition) is 4. The second-order valence-electron chi connectivity index (χ2n) is 5.86. The van der Waals surface area contributed by atoms with Gasteiger partial charge in [0.2, 0.25) is 0 Å². The molecule has 21 heavy (non-hydrogen) atoms. The fourth-order valence-corrected chi connectivity index (χ4v) is 3.48.